The predicted molar refractivity (Wildman–Crippen MR) is 139 cm³/mol. The van der Waals surface area contributed by atoms with Crippen LogP contribution in [0, 0.1) is 17.8 Å². The lowest BCUT2D eigenvalue weighted by molar-refractivity contribution is -0.144. The van der Waals surface area contributed by atoms with Crippen molar-refractivity contribution in [1.82, 2.24) is 15.5 Å². The minimum Gasteiger partial charge on any atom is -0.371 e. The number of nitrogens with zero attached hydrogens (tertiary/aromatic N) is 2. The van der Waals surface area contributed by atoms with Crippen molar-refractivity contribution >= 4 is 22.0 Å². The van der Waals surface area contributed by atoms with Gasteiger partial charge in [0.25, 0.3) is 0 Å². The van der Waals surface area contributed by atoms with E-state index in [1.807, 2.05) is 17.0 Å². The van der Waals surface area contributed by atoms with Crippen molar-refractivity contribution in [2.24, 2.45) is 27.9 Å². The largest absolute Gasteiger partial charge is 0.380 e. The van der Waals surface area contributed by atoms with Crippen molar-refractivity contribution in [3.8, 4) is 5.75 Å². The van der Waals surface area contributed by atoms with Crippen molar-refractivity contribution in [2.45, 2.75) is 63.8 Å². The number of nitrogens with one attached hydrogen (secondary N) is 2. The van der Waals surface area contributed by atoms with Crippen molar-refractivity contribution in [3.05, 3.63) is 29.3 Å². The van der Waals surface area contributed by atoms with Crippen LogP contribution in [0.4, 0.5) is 0 Å². The van der Waals surface area contributed by atoms with Gasteiger partial charge in [-0.2, -0.15) is 13.6 Å². The number of nitrogens with two attached hydrogens (primary N) is 1. The van der Waals surface area contributed by atoms with Gasteiger partial charge < -0.3 is 19.7 Å². The summed E-state index contributed by atoms with van der Waals surface area (Å²) in [6, 6.07) is 5.22. The summed E-state index contributed by atoms with van der Waals surface area (Å²) < 4.78 is 28.6. The topological polar surface area (TPSA) is 126 Å². The molecule has 1 unspecified atom stereocenters. The number of aliphatic imine (C=N–C) groups is 1. The fraction of sp³-hybridized carbons (Fsp3) is 0.692. The van der Waals surface area contributed by atoms with Crippen LogP contribution < -0.4 is 20.0 Å². The van der Waals surface area contributed by atoms with Gasteiger partial charge >= 0.3 is 10.3 Å². The standard InChI is InChI=1S/C26H39N5O4S/c1-17(2)18-3-5-19(6-4-18)24-21-15-20(35-36(27,33)34)7-8-22(21)26(9-11-28-12-10-26)25(32)31(24)16-23-29-13-14-30-23/h7-8,15,17-19,24,28H,3-6,9-14,16H2,1-2H3,(H,29,30)(H2,27,33,34). The van der Waals surface area contributed by atoms with E-state index in [2.05, 4.69) is 29.5 Å². The van der Waals surface area contributed by atoms with Gasteiger partial charge in [0.1, 0.15) is 11.6 Å². The highest BCUT2D eigenvalue weighted by Gasteiger charge is 2.53. The van der Waals surface area contributed by atoms with Gasteiger partial charge in [0.15, 0.2) is 0 Å². The highest BCUT2D eigenvalue weighted by molar-refractivity contribution is 7.84. The van der Waals surface area contributed by atoms with Gasteiger partial charge in [-0.1, -0.05) is 19.9 Å². The number of carbonyl (C=O) groups is 1. The van der Waals surface area contributed by atoms with Crippen molar-refractivity contribution in [3.63, 3.8) is 0 Å². The quantitative estimate of drug-likeness (QED) is 0.531. The number of carbonyl (C=O) groups excluding carboxylic acids is 1. The SMILES string of the molecule is CC(C)C1CCC(C2c3cc(OS(N)(=O)=O)ccc3C3(CCNCC3)C(=O)N2CC2=NCCN2)CC1. The summed E-state index contributed by atoms with van der Waals surface area (Å²) in [5.41, 5.74) is 1.39. The number of fused-ring (bicyclic) bond motifs is 2. The highest BCUT2D eigenvalue weighted by Crippen LogP contribution is 2.52. The normalized spacial score (nSPS) is 28.1. The van der Waals surface area contributed by atoms with Crippen LogP contribution in [-0.4, -0.2) is 57.8 Å². The number of piperidine rings is 1. The lowest BCUT2D eigenvalue weighted by atomic mass is 9.63. The molecule has 1 saturated carbocycles. The van der Waals surface area contributed by atoms with E-state index in [-0.39, 0.29) is 23.6 Å². The van der Waals surface area contributed by atoms with Crippen LogP contribution in [0.1, 0.15) is 69.5 Å². The molecule has 1 aliphatic carbocycles. The molecule has 0 radical (unpaired) electrons. The van der Waals surface area contributed by atoms with Crippen molar-refractivity contribution < 1.29 is 17.4 Å². The Kier molecular flexibility index (Phi) is 7.04. The van der Waals surface area contributed by atoms with Gasteiger partial charge in [-0.15, -0.1) is 0 Å². The molecular weight excluding hydrogens is 478 g/mol. The maximum atomic E-state index is 14.5. The molecule has 2 fully saturated rings. The van der Waals surface area contributed by atoms with Gasteiger partial charge in [0.2, 0.25) is 5.91 Å². The molecule has 0 aromatic heterocycles. The number of hydrogen-bond donors (Lipinski definition) is 3. The second-order valence-corrected chi connectivity index (χ2v) is 12.4. The second kappa shape index (κ2) is 9.95. The zero-order chi connectivity index (χ0) is 25.5. The van der Waals surface area contributed by atoms with Gasteiger partial charge in [-0.3, -0.25) is 9.79 Å². The van der Waals surface area contributed by atoms with Gasteiger partial charge in [-0.25, -0.2) is 0 Å². The molecule has 1 aromatic rings. The summed E-state index contributed by atoms with van der Waals surface area (Å²) in [6.07, 6.45) is 5.75. The van der Waals surface area contributed by atoms with Crippen LogP contribution in [-0.2, 0) is 20.5 Å². The molecule has 10 heteroatoms. The first kappa shape index (κ1) is 25.5. The molecule has 36 heavy (non-hydrogen) atoms. The molecule has 3 aliphatic heterocycles. The zero-order valence-electron chi connectivity index (χ0n) is 21.3. The number of hydrogen-bond acceptors (Lipinski definition) is 7. The minimum atomic E-state index is -4.16. The van der Waals surface area contributed by atoms with Gasteiger partial charge in [0.05, 0.1) is 24.5 Å². The lowest BCUT2D eigenvalue weighted by Gasteiger charge is -2.52. The molecule has 1 saturated heterocycles. The average Bonchev–Trinajstić information content (AvgIpc) is 3.36. The number of benzene rings is 1. The van der Waals surface area contributed by atoms with Gasteiger partial charge in [-0.05, 0) is 92.6 Å². The van der Waals surface area contributed by atoms with Crippen LogP contribution in [0.15, 0.2) is 23.2 Å². The number of amides is 1. The Bertz CT molecular complexity index is 1120. The first-order valence-corrected chi connectivity index (χ1v) is 14.8. The molecule has 1 atom stereocenters. The van der Waals surface area contributed by atoms with Crippen molar-refractivity contribution in [2.75, 3.05) is 32.7 Å². The first-order chi connectivity index (χ1) is 17.2. The molecule has 4 aliphatic rings. The zero-order valence-corrected chi connectivity index (χ0v) is 22.1. The summed E-state index contributed by atoms with van der Waals surface area (Å²) in [6.45, 7) is 8.06. The van der Waals surface area contributed by atoms with E-state index in [9.17, 15) is 13.2 Å². The van der Waals surface area contributed by atoms with Crippen LogP contribution in [0.3, 0.4) is 0 Å². The Morgan fingerprint density at radius 2 is 1.89 bits per heavy atom. The molecule has 3 heterocycles. The highest BCUT2D eigenvalue weighted by atomic mass is 32.2. The molecule has 4 N–H and O–H groups in total. The Morgan fingerprint density at radius 3 is 2.50 bits per heavy atom. The van der Waals surface area contributed by atoms with Crippen LogP contribution in [0.25, 0.3) is 0 Å². The molecule has 1 aromatic carbocycles. The van der Waals surface area contributed by atoms with E-state index < -0.39 is 15.7 Å². The van der Waals surface area contributed by atoms with E-state index in [1.165, 1.54) is 0 Å². The minimum absolute atomic E-state index is 0.157. The molecule has 5 rings (SSSR count). The Morgan fingerprint density at radius 1 is 1.17 bits per heavy atom. The maximum absolute atomic E-state index is 14.5. The maximum Gasteiger partial charge on any atom is 0.380 e. The monoisotopic (exact) mass is 517 g/mol. The molecule has 9 nitrogen and oxygen atoms in total. The second-order valence-electron chi connectivity index (χ2n) is 11.2. The fourth-order valence-electron chi connectivity index (χ4n) is 6.95. The number of rotatable bonds is 6. The van der Waals surface area contributed by atoms with Crippen LogP contribution in [0.5, 0.6) is 5.75 Å². The average molecular weight is 518 g/mol. The molecule has 0 bridgehead atoms. The smallest absolute Gasteiger partial charge is 0.371 e. The van der Waals surface area contributed by atoms with E-state index in [0.29, 0.717) is 31.2 Å². The van der Waals surface area contributed by atoms with Crippen molar-refractivity contribution in [1.29, 1.82) is 0 Å². The summed E-state index contributed by atoms with van der Waals surface area (Å²) >= 11 is 0. The van der Waals surface area contributed by atoms with E-state index >= 15 is 0 Å². The first-order valence-electron chi connectivity index (χ1n) is 13.3. The van der Waals surface area contributed by atoms with E-state index in [1.54, 1.807) is 6.07 Å². The Balaban J connectivity index is 1.61. The third kappa shape index (κ3) is 4.87. The Hall–Kier alpha value is -2.17. The van der Waals surface area contributed by atoms with Crippen LogP contribution in [0.2, 0.25) is 0 Å². The lowest BCUT2D eigenvalue weighted by Crippen LogP contribution is -2.59. The summed E-state index contributed by atoms with van der Waals surface area (Å²) in [5.74, 6) is 2.85. The molecule has 1 spiro atoms. The number of amidine groups is 1. The summed E-state index contributed by atoms with van der Waals surface area (Å²) in [4.78, 5) is 21.1. The molecule has 198 valence electrons. The third-order valence-corrected chi connectivity index (χ3v) is 9.23. The van der Waals surface area contributed by atoms with E-state index in [0.717, 1.165) is 68.8 Å². The Labute approximate surface area is 214 Å². The molecule has 1 amide bonds. The predicted octanol–water partition coefficient (Wildman–Crippen LogP) is 2.24. The molecular formula is C26H39N5O4S. The van der Waals surface area contributed by atoms with Gasteiger partial charge in [0, 0.05) is 6.54 Å². The summed E-state index contributed by atoms with van der Waals surface area (Å²) in [7, 11) is -4.16. The third-order valence-electron chi connectivity index (χ3n) is 8.80. The fourth-order valence-corrected chi connectivity index (χ4v) is 7.32. The van der Waals surface area contributed by atoms with E-state index in [4.69, 9.17) is 9.32 Å². The van der Waals surface area contributed by atoms with Crippen LogP contribution >= 0.6 is 0 Å². The summed E-state index contributed by atoms with van der Waals surface area (Å²) in [5, 5.41) is 12.0.